The van der Waals surface area contributed by atoms with Crippen molar-refractivity contribution in [2.45, 2.75) is 19.8 Å². The Kier molecular flexibility index (Phi) is 3.14. The Morgan fingerprint density at radius 1 is 1.25 bits per heavy atom. The number of aromatic nitrogens is 3. The molecule has 0 saturated heterocycles. The van der Waals surface area contributed by atoms with E-state index in [9.17, 15) is 0 Å². The molecule has 0 saturated carbocycles. The molecule has 2 N–H and O–H groups in total. The van der Waals surface area contributed by atoms with Gasteiger partial charge in [-0.25, -0.2) is 4.98 Å². The van der Waals surface area contributed by atoms with E-state index in [0.29, 0.717) is 0 Å². The number of nitrogen functional groups attached to an aromatic ring is 1. The molecule has 0 bridgehead atoms. The fourth-order valence-electron chi connectivity index (χ4n) is 2.44. The van der Waals surface area contributed by atoms with Gasteiger partial charge in [0, 0.05) is 30.6 Å². The molecule has 0 atom stereocenters. The van der Waals surface area contributed by atoms with E-state index >= 15 is 0 Å². The van der Waals surface area contributed by atoms with Crippen LogP contribution < -0.4 is 5.73 Å². The third kappa shape index (κ3) is 2.03. The SMILES string of the molecule is CCCc1nc(-c2ccc3ncccc3c2)c(N)n1C. The number of nitrogens with two attached hydrogens (primary N) is 1. The van der Waals surface area contributed by atoms with Crippen molar-refractivity contribution in [3.05, 3.63) is 42.4 Å². The van der Waals surface area contributed by atoms with Gasteiger partial charge in [-0.1, -0.05) is 19.1 Å². The minimum Gasteiger partial charge on any atom is -0.383 e. The molecule has 1 aromatic carbocycles. The summed E-state index contributed by atoms with van der Waals surface area (Å²) in [6.07, 6.45) is 3.80. The molecule has 0 aliphatic heterocycles. The lowest BCUT2D eigenvalue weighted by atomic mass is 10.1. The smallest absolute Gasteiger partial charge is 0.131 e. The van der Waals surface area contributed by atoms with Crippen molar-refractivity contribution in [1.82, 2.24) is 14.5 Å². The van der Waals surface area contributed by atoms with Crippen molar-refractivity contribution in [2.24, 2.45) is 7.05 Å². The maximum Gasteiger partial charge on any atom is 0.131 e. The lowest BCUT2D eigenvalue weighted by molar-refractivity contribution is 0.764. The molecular formula is C16H18N4. The maximum absolute atomic E-state index is 6.19. The van der Waals surface area contributed by atoms with Crippen LogP contribution in [0.15, 0.2) is 36.5 Å². The first kappa shape index (κ1) is 12.7. The Hall–Kier alpha value is -2.36. The Labute approximate surface area is 118 Å². The summed E-state index contributed by atoms with van der Waals surface area (Å²) in [5.41, 5.74) is 9.09. The second-order valence-corrected chi connectivity index (χ2v) is 4.98. The Morgan fingerprint density at radius 2 is 2.10 bits per heavy atom. The molecule has 0 amide bonds. The summed E-state index contributed by atoms with van der Waals surface area (Å²) in [5, 5.41) is 1.10. The van der Waals surface area contributed by atoms with Crippen molar-refractivity contribution in [3.63, 3.8) is 0 Å². The first-order valence-electron chi connectivity index (χ1n) is 6.87. The highest BCUT2D eigenvalue weighted by molar-refractivity contribution is 5.85. The fraction of sp³-hybridized carbons (Fsp3) is 0.250. The number of hydrogen-bond acceptors (Lipinski definition) is 3. The third-order valence-corrected chi connectivity index (χ3v) is 3.58. The topological polar surface area (TPSA) is 56.7 Å². The highest BCUT2D eigenvalue weighted by Crippen LogP contribution is 2.28. The number of hydrogen-bond donors (Lipinski definition) is 1. The van der Waals surface area contributed by atoms with Crippen LogP contribution in [0, 0.1) is 0 Å². The van der Waals surface area contributed by atoms with Gasteiger partial charge in [0.25, 0.3) is 0 Å². The van der Waals surface area contributed by atoms with Gasteiger partial charge in [-0.15, -0.1) is 0 Å². The zero-order chi connectivity index (χ0) is 14.1. The Morgan fingerprint density at radius 3 is 2.90 bits per heavy atom. The van der Waals surface area contributed by atoms with E-state index in [4.69, 9.17) is 10.7 Å². The van der Waals surface area contributed by atoms with Gasteiger partial charge in [0.1, 0.15) is 17.3 Å². The monoisotopic (exact) mass is 266 g/mol. The number of aryl methyl sites for hydroxylation is 1. The Bertz CT molecular complexity index is 758. The number of pyridine rings is 1. The van der Waals surface area contributed by atoms with Gasteiger partial charge in [-0.2, -0.15) is 0 Å². The molecule has 0 spiro atoms. The molecule has 2 heterocycles. The van der Waals surface area contributed by atoms with Gasteiger partial charge in [0.15, 0.2) is 0 Å². The molecule has 3 aromatic rings. The van der Waals surface area contributed by atoms with Crippen molar-refractivity contribution in [2.75, 3.05) is 5.73 Å². The highest BCUT2D eigenvalue weighted by atomic mass is 15.1. The summed E-state index contributed by atoms with van der Waals surface area (Å²) < 4.78 is 1.98. The molecule has 102 valence electrons. The van der Waals surface area contributed by atoms with E-state index < -0.39 is 0 Å². The van der Waals surface area contributed by atoms with Gasteiger partial charge < -0.3 is 10.3 Å². The van der Waals surface area contributed by atoms with E-state index in [1.54, 1.807) is 6.20 Å². The van der Waals surface area contributed by atoms with Crippen molar-refractivity contribution in [1.29, 1.82) is 0 Å². The lowest BCUT2D eigenvalue weighted by Crippen LogP contribution is -2.01. The zero-order valence-corrected chi connectivity index (χ0v) is 11.8. The number of benzene rings is 1. The van der Waals surface area contributed by atoms with Crippen LogP contribution in [0.5, 0.6) is 0 Å². The molecule has 4 heteroatoms. The number of fused-ring (bicyclic) bond motifs is 1. The van der Waals surface area contributed by atoms with Crippen LogP contribution in [-0.4, -0.2) is 14.5 Å². The summed E-state index contributed by atoms with van der Waals surface area (Å²) in [6, 6.07) is 10.1. The molecule has 0 radical (unpaired) electrons. The molecule has 4 nitrogen and oxygen atoms in total. The van der Waals surface area contributed by atoms with Gasteiger partial charge in [-0.05, 0) is 24.6 Å². The first-order chi connectivity index (χ1) is 9.70. The minimum atomic E-state index is 0.719. The summed E-state index contributed by atoms with van der Waals surface area (Å²) in [6.45, 7) is 2.15. The summed E-state index contributed by atoms with van der Waals surface area (Å²) in [4.78, 5) is 9.03. The Balaban J connectivity index is 2.13. The second kappa shape index (κ2) is 4.96. The van der Waals surface area contributed by atoms with Crippen LogP contribution in [0.4, 0.5) is 5.82 Å². The average molecular weight is 266 g/mol. The summed E-state index contributed by atoms with van der Waals surface area (Å²) in [7, 11) is 1.97. The van der Waals surface area contributed by atoms with E-state index in [-0.39, 0.29) is 0 Å². The summed E-state index contributed by atoms with van der Waals surface area (Å²) >= 11 is 0. The highest BCUT2D eigenvalue weighted by Gasteiger charge is 2.13. The average Bonchev–Trinajstić information content (AvgIpc) is 2.76. The molecule has 2 aromatic heterocycles. The zero-order valence-electron chi connectivity index (χ0n) is 11.8. The van der Waals surface area contributed by atoms with Gasteiger partial charge in [0.05, 0.1) is 5.52 Å². The maximum atomic E-state index is 6.19. The quantitative estimate of drug-likeness (QED) is 0.792. The number of imidazole rings is 1. The third-order valence-electron chi connectivity index (χ3n) is 3.58. The number of rotatable bonds is 3. The summed E-state index contributed by atoms with van der Waals surface area (Å²) in [5.74, 6) is 1.75. The van der Waals surface area contributed by atoms with Crippen LogP contribution in [0.2, 0.25) is 0 Å². The van der Waals surface area contributed by atoms with Crippen molar-refractivity contribution in [3.8, 4) is 11.3 Å². The predicted octanol–water partition coefficient (Wildman–Crippen LogP) is 3.17. The molecule has 0 aliphatic rings. The van der Waals surface area contributed by atoms with Crippen LogP contribution in [0.3, 0.4) is 0 Å². The van der Waals surface area contributed by atoms with Crippen LogP contribution in [-0.2, 0) is 13.5 Å². The minimum absolute atomic E-state index is 0.719. The van der Waals surface area contributed by atoms with Crippen molar-refractivity contribution < 1.29 is 0 Å². The van der Waals surface area contributed by atoms with Crippen LogP contribution in [0.1, 0.15) is 19.2 Å². The fourth-order valence-corrected chi connectivity index (χ4v) is 2.44. The van der Waals surface area contributed by atoms with Crippen LogP contribution in [0.25, 0.3) is 22.2 Å². The normalized spacial score (nSPS) is 11.1. The second-order valence-electron chi connectivity index (χ2n) is 4.98. The van der Waals surface area contributed by atoms with Gasteiger partial charge in [-0.3, -0.25) is 4.98 Å². The van der Waals surface area contributed by atoms with E-state index in [1.807, 2.05) is 29.8 Å². The number of anilines is 1. The van der Waals surface area contributed by atoms with Crippen molar-refractivity contribution >= 4 is 16.7 Å². The first-order valence-corrected chi connectivity index (χ1v) is 6.87. The number of nitrogens with zero attached hydrogens (tertiary/aromatic N) is 3. The van der Waals surface area contributed by atoms with E-state index in [2.05, 4.69) is 24.0 Å². The van der Waals surface area contributed by atoms with E-state index in [0.717, 1.165) is 46.6 Å². The van der Waals surface area contributed by atoms with Gasteiger partial charge >= 0.3 is 0 Å². The standard InChI is InChI=1S/C16H18N4/c1-3-5-14-19-15(16(17)20(14)2)12-7-8-13-11(10-12)6-4-9-18-13/h4,6-10H,3,5,17H2,1-2H3. The molecule has 20 heavy (non-hydrogen) atoms. The predicted molar refractivity (Wildman–Crippen MR) is 82.4 cm³/mol. The van der Waals surface area contributed by atoms with Crippen LogP contribution >= 0.6 is 0 Å². The molecule has 0 fully saturated rings. The molecular weight excluding hydrogens is 248 g/mol. The largest absolute Gasteiger partial charge is 0.383 e. The lowest BCUT2D eigenvalue weighted by Gasteiger charge is -2.02. The van der Waals surface area contributed by atoms with E-state index in [1.165, 1.54) is 0 Å². The molecule has 0 aliphatic carbocycles. The van der Waals surface area contributed by atoms with Gasteiger partial charge in [0.2, 0.25) is 0 Å². The molecule has 3 rings (SSSR count). The molecule has 0 unspecified atom stereocenters.